The first-order valence-corrected chi connectivity index (χ1v) is 9.46. The number of carbonyl (C=O) groups is 1. The molecule has 0 heterocycles. The third-order valence-corrected chi connectivity index (χ3v) is 4.85. The highest BCUT2D eigenvalue weighted by molar-refractivity contribution is 7.88. The van der Waals surface area contributed by atoms with Gasteiger partial charge < -0.3 is 5.32 Å². The van der Waals surface area contributed by atoms with Gasteiger partial charge in [-0.3, -0.25) is 4.79 Å². The fourth-order valence-corrected chi connectivity index (χ4v) is 3.03. The Morgan fingerprint density at radius 2 is 1.75 bits per heavy atom. The molecule has 1 amide bonds. The van der Waals surface area contributed by atoms with E-state index < -0.39 is 10.0 Å². The topological polar surface area (TPSA) is 66.5 Å². The van der Waals surface area contributed by atoms with Crippen LogP contribution in [-0.2, 0) is 21.4 Å². The number of nitrogens with one attached hydrogen (secondary N) is 1. The Kier molecular flexibility index (Phi) is 5.75. The summed E-state index contributed by atoms with van der Waals surface area (Å²) in [5, 5.41) is 2.79. The van der Waals surface area contributed by atoms with Crippen LogP contribution in [0.5, 0.6) is 0 Å². The molecule has 0 fully saturated rings. The molecule has 0 saturated carbocycles. The first-order chi connectivity index (χ1) is 11.3. The van der Waals surface area contributed by atoms with Crippen LogP contribution in [0.3, 0.4) is 0 Å². The minimum atomic E-state index is -3.50. The Morgan fingerprint density at radius 3 is 2.38 bits per heavy atom. The molecule has 0 saturated heterocycles. The van der Waals surface area contributed by atoms with E-state index in [1.807, 2.05) is 62.4 Å². The summed E-state index contributed by atoms with van der Waals surface area (Å²) in [6, 6.07) is 15.0. The Hall–Kier alpha value is -2.18. The summed E-state index contributed by atoms with van der Waals surface area (Å²) in [5.74, 6) is -0.356. The van der Waals surface area contributed by atoms with E-state index in [2.05, 4.69) is 5.32 Å². The lowest BCUT2D eigenvalue weighted by atomic mass is 10.1. The lowest BCUT2D eigenvalue weighted by Crippen LogP contribution is -2.37. The molecule has 128 valence electrons. The van der Waals surface area contributed by atoms with E-state index in [0.29, 0.717) is 5.69 Å². The van der Waals surface area contributed by atoms with E-state index in [-0.39, 0.29) is 19.0 Å². The third-order valence-electron chi connectivity index (χ3n) is 3.66. The van der Waals surface area contributed by atoms with Gasteiger partial charge in [-0.15, -0.1) is 0 Å². The molecule has 24 heavy (non-hydrogen) atoms. The molecule has 2 aromatic carbocycles. The molecule has 2 rings (SSSR count). The molecule has 0 spiro atoms. The van der Waals surface area contributed by atoms with Crippen molar-refractivity contribution in [3.05, 3.63) is 65.2 Å². The molecule has 0 aliphatic rings. The van der Waals surface area contributed by atoms with Gasteiger partial charge in [-0.25, -0.2) is 8.42 Å². The van der Waals surface area contributed by atoms with Crippen molar-refractivity contribution in [1.29, 1.82) is 0 Å². The third kappa shape index (κ3) is 5.18. The quantitative estimate of drug-likeness (QED) is 0.874. The van der Waals surface area contributed by atoms with Crippen LogP contribution in [0.1, 0.15) is 16.7 Å². The fraction of sp³-hybridized carbons (Fsp3) is 0.278. The smallest absolute Gasteiger partial charge is 0.239 e. The van der Waals surface area contributed by atoms with Crippen LogP contribution in [0.2, 0.25) is 0 Å². The molecule has 0 atom stereocenters. The zero-order valence-corrected chi connectivity index (χ0v) is 14.9. The maximum absolute atomic E-state index is 12.3. The Balaban J connectivity index is 2.12. The molecule has 0 aliphatic carbocycles. The summed E-state index contributed by atoms with van der Waals surface area (Å²) in [6.45, 7) is 3.78. The lowest BCUT2D eigenvalue weighted by molar-refractivity contribution is -0.116. The number of sulfonamides is 1. The minimum absolute atomic E-state index is 0.167. The summed E-state index contributed by atoms with van der Waals surface area (Å²) in [5.41, 5.74) is 3.50. The van der Waals surface area contributed by atoms with Crippen molar-refractivity contribution in [3.63, 3.8) is 0 Å². The highest BCUT2D eigenvalue weighted by Crippen LogP contribution is 2.16. The van der Waals surface area contributed by atoms with Crippen molar-refractivity contribution in [3.8, 4) is 0 Å². The van der Waals surface area contributed by atoms with Crippen molar-refractivity contribution >= 4 is 21.6 Å². The summed E-state index contributed by atoms with van der Waals surface area (Å²) in [7, 11) is -3.50. The number of aryl methyl sites for hydroxylation is 2. The number of hydrogen-bond acceptors (Lipinski definition) is 3. The van der Waals surface area contributed by atoms with Gasteiger partial charge in [0.1, 0.15) is 0 Å². The number of hydrogen-bond donors (Lipinski definition) is 1. The molecule has 6 heteroatoms. The van der Waals surface area contributed by atoms with Crippen LogP contribution in [0.4, 0.5) is 5.69 Å². The predicted molar refractivity (Wildman–Crippen MR) is 96.2 cm³/mol. The van der Waals surface area contributed by atoms with E-state index in [9.17, 15) is 13.2 Å². The van der Waals surface area contributed by atoms with Crippen LogP contribution < -0.4 is 5.32 Å². The van der Waals surface area contributed by atoms with Crippen molar-refractivity contribution in [2.45, 2.75) is 20.4 Å². The van der Waals surface area contributed by atoms with Gasteiger partial charge in [0, 0.05) is 12.2 Å². The number of benzene rings is 2. The second kappa shape index (κ2) is 7.59. The van der Waals surface area contributed by atoms with Crippen molar-refractivity contribution in [2.24, 2.45) is 0 Å². The van der Waals surface area contributed by atoms with Gasteiger partial charge in [0.2, 0.25) is 15.9 Å². The van der Waals surface area contributed by atoms with Crippen molar-refractivity contribution < 1.29 is 13.2 Å². The summed E-state index contributed by atoms with van der Waals surface area (Å²) < 4.78 is 25.2. The molecule has 5 nitrogen and oxygen atoms in total. The average Bonchev–Trinajstić information content (AvgIpc) is 2.50. The lowest BCUT2D eigenvalue weighted by Gasteiger charge is -2.20. The standard InChI is InChI=1S/C18H22N2O3S/c1-14-9-10-15(2)17(11-14)19-18(21)13-20(24(3,22)23)12-16-7-5-4-6-8-16/h4-11H,12-13H2,1-3H3,(H,19,21). The van der Waals surface area contributed by atoms with Gasteiger partial charge in [0.05, 0.1) is 12.8 Å². The first-order valence-electron chi connectivity index (χ1n) is 7.62. The van der Waals surface area contributed by atoms with Gasteiger partial charge in [-0.05, 0) is 36.6 Å². The van der Waals surface area contributed by atoms with Gasteiger partial charge in [-0.1, -0.05) is 42.5 Å². The van der Waals surface area contributed by atoms with Crippen LogP contribution >= 0.6 is 0 Å². The van der Waals surface area contributed by atoms with Crippen LogP contribution in [0, 0.1) is 13.8 Å². The molecule has 0 aromatic heterocycles. The van der Waals surface area contributed by atoms with E-state index in [1.54, 1.807) is 0 Å². The molecule has 2 aromatic rings. The Labute approximate surface area is 143 Å². The normalized spacial score (nSPS) is 11.5. The number of amides is 1. The predicted octanol–water partition coefficient (Wildman–Crippen LogP) is 2.70. The molecule has 0 aliphatic heterocycles. The second-order valence-corrected chi connectivity index (χ2v) is 7.87. The van der Waals surface area contributed by atoms with E-state index in [1.165, 1.54) is 4.31 Å². The highest BCUT2D eigenvalue weighted by Gasteiger charge is 2.20. The first kappa shape index (κ1) is 18.2. The molecule has 0 bridgehead atoms. The van der Waals surface area contributed by atoms with Gasteiger partial charge in [-0.2, -0.15) is 4.31 Å². The molecular formula is C18H22N2O3S. The average molecular weight is 346 g/mol. The number of carbonyl (C=O) groups excluding carboxylic acids is 1. The minimum Gasteiger partial charge on any atom is -0.325 e. The van der Waals surface area contributed by atoms with Crippen LogP contribution in [0.25, 0.3) is 0 Å². The van der Waals surface area contributed by atoms with Gasteiger partial charge in [0.25, 0.3) is 0 Å². The Morgan fingerprint density at radius 1 is 1.08 bits per heavy atom. The van der Waals surface area contributed by atoms with Gasteiger partial charge >= 0.3 is 0 Å². The van der Waals surface area contributed by atoms with Crippen LogP contribution in [-0.4, -0.2) is 31.4 Å². The van der Waals surface area contributed by atoms with Crippen molar-refractivity contribution in [2.75, 3.05) is 18.1 Å². The van der Waals surface area contributed by atoms with E-state index in [0.717, 1.165) is 22.9 Å². The zero-order chi connectivity index (χ0) is 17.7. The largest absolute Gasteiger partial charge is 0.325 e. The molecular weight excluding hydrogens is 324 g/mol. The summed E-state index contributed by atoms with van der Waals surface area (Å²) >= 11 is 0. The number of rotatable bonds is 6. The zero-order valence-electron chi connectivity index (χ0n) is 14.1. The number of nitrogens with zero attached hydrogens (tertiary/aromatic N) is 1. The monoisotopic (exact) mass is 346 g/mol. The number of anilines is 1. The highest BCUT2D eigenvalue weighted by atomic mass is 32.2. The maximum Gasteiger partial charge on any atom is 0.239 e. The molecule has 1 N–H and O–H groups in total. The molecule has 0 radical (unpaired) electrons. The fourth-order valence-electron chi connectivity index (χ4n) is 2.30. The van der Waals surface area contributed by atoms with E-state index >= 15 is 0 Å². The molecule has 0 unspecified atom stereocenters. The summed E-state index contributed by atoms with van der Waals surface area (Å²) in [4.78, 5) is 12.3. The SMILES string of the molecule is Cc1ccc(C)c(NC(=O)CN(Cc2ccccc2)S(C)(=O)=O)c1. The summed E-state index contributed by atoms with van der Waals surface area (Å²) in [6.07, 6.45) is 1.11. The second-order valence-electron chi connectivity index (χ2n) is 5.88. The Bertz CT molecular complexity index is 817. The van der Waals surface area contributed by atoms with Crippen LogP contribution in [0.15, 0.2) is 48.5 Å². The maximum atomic E-state index is 12.3. The van der Waals surface area contributed by atoms with Gasteiger partial charge in [0.15, 0.2) is 0 Å². The van der Waals surface area contributed by atoms with Crippen molar-refractivity contribution in [1.82, 2.24) is 4.31 Å². The van der Waals surface area contributed by atoms with E-state index in [4.69, 9.17) is 0 Å².